The average molecular weight is 372 g/mol. The number of aliphatic imine (C=N–C) groups is 1. The van der Waals surface area contributed by atoms with Gasteiger partial charge in [-0.2, -0.15) is 13.2 Å². The SMILES string of the molecule is CCOc1ccccc1CNC(=NC)N1CCN(C(C)C(F)(F)F)CC1. The van der Waals surface area contributed by atoms with E-state index in [-0.39, 0.29) is 0 Å². The molecule has 0 amide bonds. The number of nitrogens with zero attached hydrogens (tertiary/aromatic N) is 3. The molecule has 1 fully saturated rings. The third-order valence-electron chi connectivity index (χ3n) is 4.56. The molecule has 1 N–H and O–H groups in total. The molecule has 5 nitrogen and oxygen atoms in total. The third-order valence-corrected chi connectivity index (χ3v) is 4.56. The minimum absolute atomic E-state index is 0.358. The van der Waals surface area contributed by atoms with Gasteiger partial charge in [0.25, 0.3) is 0 Å². The topological polar surface area (TPSA) is 40.1 Å². The maximum atomic E-state index is 12.9. The Morgan fingerprint density at radius 2 is 1.88 bits per heavy atom. The van der Waals surface area contributed by atoms with Crippen molar-refractivity contribution >= 4 is 5.96 Å². The summed E-state index contributed by atoms with van der Waals surface area (Å²) < 4.78 is 44.2. The average Bonchev–Trinajstić information content (AvgIpc) is 2.63. The van der Waals surface area contributed by atoms with Gasteiger partial charge in [-0.05, 0) is 19.9 Å². The van der Waals surface area contributed by atoms with Gasteiger partial charge in [0.1, 0.15) is 11.8 Å². The standard InChI is InChI=1S/C18H27F3N4O/c1-4-26-16-8-6-5-7-15(16)13-23-17(22-3)25-11-9-24(10-12-25)14(2)18(19,20)21/h5-8,14H,4,9-13H2,1-3H3,(H,22,23). The fraction of sp³-hybridized carbons (Fsp3) is 0.611. The number of alkyl halides is 3. The second-order valence-electron chi connectivity index (χ2n) is 6.18. The lowest BCUT2D eigenvalue weighted by Crippen LogP contribution is -2.56. The second-order valence-corrected chi connectivity index (χ2v) is 6.18. The first kappa shape index (κ1) is 20.4. The van der Waals surface area contributed by atoms with Crippen molar-refractivity contribution in [3.63, 3.8) is 0 Å². The van der Waals surface area contributed by atoms with Crippen LogP contribution in [0.15, 0.2) is 29.3 Å². The predicted octanol–water partition coefficient (Wildman–Crippen LogP) is 2.73. The summed E-state index contributed by atoms with van der Waals surface area (Å²) in [7, 11) is 1.68. The van der Waals surface area contributed by atoms with Gasteiger partial charge in [0.05, 0.1) is 6.61 Å². The van der Waals surface area contributed by atoms with Crippen molar-refractivity contribution in [1.29, 1.82) is 0 Å². The summed E-state index contributed by atoms with van der Waals surface area (Å²) in [4.78, 5) is 7.73. The first-order chi connectivity index (χ1) is 12.4. The molecule has 26 heavy (non-hydrogen) atoms. The van der Waals surface area contributed by atoms with E-state index in [4.69, 9.17) is 4.74 Å². The normalized spacial score (nSPS) is 17.9. The van der Waals surface area contributed by atoms with Gasteiger partial charge in [-0.1, -0.05) is 18.2 Å². The Bertz CT molecular complexity index is 598. The van der Waals surface area contributed by atoms with Crippen LogP contribution in [0.25, 0.3) is 0 Å². The Labute approximate surface area is 152 Å². The number of para-hydroxylation sites is 1. The zero-order valence-corrected chi connectivity index (χ0v) is 15.5. The zero-order chi connectivity index (χ0) is 19.2. The van der Waals surface area contributed by atoms with E-state index in [1.807, 2.05) is 36.1 Å². The van der Waals surface area contributed by atoms with Crippen LogP contribution in [0, 0.1) is 0 Å². The highest BCUT2D eigenvalue weighted by atomic mass is 19.4. The van der Waals surface area contributed by atoms with E-state index in [2.05, 4.69) is 10.3 Å². The van der Waals surface area contributed by atoms with Crippen LogP contribution < -0.4 is 10.1 Å². The van der Waals surface area contributed by atoms with Gasteiger partial charge >= 0.3 is 6.18 Å². The Hall–Kier alpha value is -1.96. The molecule has 1 atom stereocenters. The molecule has 1 aliphatic heterocycles. The van der Waals surface area contributed by atoms with Crippen molar-refractivity contribution in [3.8, 4) is 5.75 Å². The Morgan fingerprint density at radius 3 is 2.46 bits per heavy atom. The minimum atomic E-state index is -4.19. The van der Waals surface area contributed by atoms with Crippen LogP contribution >= 0.6 is 0 Å². The highest BCUT2D eigenvalue weighted by molar-refractivity contribution is 5.80. The summed E-state index contributed by atoms with van der Waals surface area (Å²) in [6.45, 7) is 6.01. The van der Waals surface area contributed by atoms with Crippen molar-refractivity contribution in [2.45, 2.75) is 32.6 Å². The molecule has 0 aliphatic carbocycles. The molecule has 0 saturated carbocycles. The predicted molar refractivity (Wildman–Crippen MR) is 96.5 cm³/mol. The van der Waals surface area contributed by atoms with Crippen molar-refractivity contribution in [2.75, 3.05) is 39.8 Å². The van der Waals surface area contributed by atoms with E-state index in [1.54, 1.807) is 7.05 Å². The smallest absolute Gasteiger partial charge is 0.403 e. The van der Waals surface area contributed by atoms with Gasteiger partial charge in [0.2, 0.25) is 0 Å². The van der Waals surface area contributed by atoms with Crippen LogP contribution in [0.5, 0.6) is 5.75 Å². The third kappa shape index (κ3) is 5.27. The molecular weight excluding hydrogens is 345 g/mol. The molecule has 0 aromatic heterocycles. The molecule has 0 radical (unpaired) electrons. The summed E-state index contributed by atoms with van der Waals surface area (Å²) in [5.41, 5.74) is 1.01. The van der Waals surface area contributed by atoms with E-state index >= 15 is 0 Å². The number of hydrogen-bond donors (Lipinski definition) is 1. The van der Waals surface area contributed by atoms with Gasteiger partial charge in [-0.15, -0.1) is 0 Å². The number of guanidine groups is 1. The quantitative estimate of drug-likeness (QED) is 0.637. The van der Waals surface area contributed by atoms with Crippen LogP contribution in [0.4, 0.5) is 13.2 Å². The van der Waals surface area contributed by atoms with Crippen molar-refractivity contribution in [1.82, 2.24) is 15.1 Å². The molecule has 2 rings (SSSR count). The van der Waals surface area contributed by atoms with Crippen LogP contribution in [0.1, 0.15) is 19.4 Å². The zero-order valence-electron chi connectivity index (χ0n) is 15.5. The lowest BCUT2D eigenvalue weighted by molar-refractivity contribution is -0.181. The first-order valence-corrected chi connectivity index (χ1v) is 8.83. The van der Waals surface area contributed by atoms with Crippen LogP contribution in [-0.4, -0.2) is 67.8 Å². The summed E-state index contributed by atoms with van der Waals surface area (Å²) >= 11 is 0. The fourth-order valence-electron chi connectivity index (χ4n) is 2.98. The molecule has 1 aliphatic rings. The van der Waals surface area contributed by atoms with Crippen molar-refractivity contribution in [3.05, 3.63) is 29.8 Å². The van der Waals surface area contributed by atoms with Gasteiger partial charge < -0.3 is 15.0 Å². The molecular formula is C18H27F3N4O. The van der Waals surface area contributed by atoms with E-state index in [1.165, 1.54) is 11.8 Å². The van der Waals surface area contributed by atoms with E-state index in [9.17, 15) is 13.2 Å². The highest BCUT2D eigenvalue weighted by Gasteiger charge is 2.41. The Balaban J connectivity index is 1.91. The van der Waals surface area contributed by atoms with Gasteiger partial charge in [-0.25, -0.2) is 0 Å². The van der Waals surface area contributed by atoms with Crippen LogP contribution in [-0.2, 0) is 6.54 Å². The lowest BCUT2D eigenvalue weighted by Gasteiger charge is -2.39. The Morgan fingerprint density at radius 1 is 1.23 bits per heavy atom. The number of ether oxygens (including phenoxy) is 1. The highest BCUT2D eigenvalue weighted by Crippen LogP contribution is 2.25. The number of rotatable bonds is 5. The summed E-state index contributed by atoms with van der Waals surface area (Å²) in [5.74, 6) is 1.51. The number of benzene rings is 1. The summed E-state index contributed by atoms with van der Waals surface area (Å²) in [6.07, 6.45) is -4.19. The number of piperazine rings is 1. The van der Waals surface area contributed by atoms with E-state index < -0.39 is 12.2 Å². The largest absolute Gasteiger partial charge is 0.494 e. The second kappa shape index (κ2) is 9.12. The minimum Gasteiger partial charge on any atom is -0.494 e. The van der Waals surface area contributed by atoms with Crippen molar-refractivity contribution in [2.24, 2.45) is 4.99 Å². The number of nitrogens with one attached hydrogen (secondary N) is 1. The van der Waals surface area contributed by atoms with Gasteiger partial charge in [0, 0.05) is 45.3 Å². The van der Waals surface area contributed by atoms with E-state index in [0.717, 1.165) is 11.3 Å². The number of hydrogen-bond acceptors (Lipinski definition) is 3. The van der Waals surface area contributed by atoms with Crippen molar-refractivity contribution < 1.29 is 17.9 Å². The number of halogens is 3. The fourth-order valence-corrected chi connectivity index (χ4v) is 2.98. The van der Waals surface area contributed by atoms with Crippen LogP contribution in [0.2, 0.25) is 0 Å². The lowest BCUT2D eigenvalue weighted by atomic mass is 10.2. The maximum Gasteiger partial charge on any atom is 0.403 e. The molecule has 1 aromatic carbocycles. The van der Waals surface area contributed by atoms with Gasteiger partial charge in [0.15, 0.2) is 5.96 Å². The molecule has 1 unspecified atom stereocenters. The molecule has 1 saturated heterocycles. The molecule has 0 bridgehead atoms. The summed E-state index contributed by atoms with van der Waals surface area (Å²) in [6, 6.07) is 6.34. The molecule has 1 aromatic rings. The van der Waals surface area contributed by atoms with Gasteiger partial charge in [-0.3, -0.25) is 9.89 Å². The first-order valence-electron chi connectivity index (χ1n) is 8.83. The van der Waals surface area contributed by atoms with E-state index in [0.29, 0.717) is 45.3 Å². The Kier molecular flexibility index (Phi) is 7.14. The van der Waals surface area contributed by atoms with Crippen LogP contribution in [0.3, 0.4) is 0 Å². The monoisotopic (exact) mass is 372 g/mol. The molecule has 0 spiro atoms. The molecule has 1 heterocycles. The molecule has 146 valence electrons. The summed E-state index contributed by atoms with van der Waals surface area (Å²) in [5, 5.41) is 3.28. The maximum absolute atomic E-state index is 12.9. The molecule has 8 heteroatoms.